The molecule has 1 aliphatic heterocycles. The molecule has 1 aromatic carbocycles. The minimum atomic E-state index is -1.43. The highest BCUT2D eigenvalue weighted by molar-refractivity contribution is 6.76. The average molecular weight is 519 g/mol. The van der Waals surface area contributed by atoms with Crippen molar-refractivity contribution in [2.24, 2.45) is 10.9 Å². The number of non-ortho nitro benzene ring substituents is 1. The molecule has 1 aromatic rings. The van der Waals surface area contributed by atoms with E-state index in [9.17, 15) is 19.7 Å². The molecule has 0 spiro atoms. The number of esters is 2. The molecule has 0 fully saturated rings. The van der Waals surface area contributed by atoms with E-state index in [-0.39, 0.29) is 17.9 Å². The van der Waals surface area contributed by atoms with Gasteiger partial charge in [-0.25, -0.2) is 4.79 Å². The number of nitro benzene ring substituents is 1. The normalized spacial score (nSPS) is 18.7. The van der Waals surface area contributed by atoms with Crippen molar-refractivity contribution in [3.63, 3.8) is 0 Å². The van der Waals surface area contributed by atoms with E-state index in [0.29, 0.717) is 23.6 Å². The summed E-state index contributed by atoms with van der Waals surface area (Å²) < 4.78 is 11.3. The summed E-state index contributed by atoms with van der Waals surface area (Å²) in [5.74, 6) is -2.69. The number of hydrogen-bond acceptors (Lipinski definition) is 7. The van der Waals surface area contributed by atoms with Gasteiger partial charge in [0.25, 0.3) is 5.69 Å². The van der Waals surface area contributed by atoms with Gasteiger partial charge in [0.05, 0.1) is 23.7 Å². The summed E-state index contributed by atoms with van der Waals surface area (Å²) in [7, 11) is -2.86. The molecule has 2 rings (SSSR count). The predicted molar refractivity (Wildman–Crippen MR) is 143 cm³/mol. The highest BCUT2D eigenvalue weighted by Crippen LogP contribution is 2.41. The molecule has 0 radical (unpaired) electrons. The molecule has 10 heteroatoms. The third-order valence-corrected chi connectivity index (χ3v) is 9.33. The average Bonchev–Trinajstić information content (AvgIpc) is 2.71. The summed E-state index contributed by atoms with van der Waals surface area (Å²) in [6, 6.07) is 7.67. The molecule has 1 heterocycles. The Balaban J connectivity index is 2.48. The maximum absolute atomic E-state index is 13.3. The monoisotopic (exact) mass is 518 g/mol. The first kappa shape index (κ1) is 28.6. The lowest BCUT2D eigenvalue weighted by molar-refractivity contribution is -0.384. The summed E-state index contributed by atoms with van der Waals surface area (Å²) in [5.41, 5.74) is 1.58. The van der Waals surface area contributed by atoms with Crippen LogP contribution in [-0.2, 0) is 19.1 Å². The number of nitro groups is 1. The van der Waals surface area contributed by atoms with Gasteiger partial charge in [-0.3, -0.25) is 19.9 Å². The van der Waals surface area contributed by atoms with E-state index in [1.54, 1.807) is 26.0 Å². The topological polar surface area (TPSA) is 108 Å². The number of carbonyl (C=O) groups is 2. The molecule has 0 aromatic heterocycles. The number of allylic oxidation sites excluding steroid dienone is 1. The summed E-state index contributed by atoms with van der Waals surface area (Å²) in [6.07, 6.45) is 0. The number of nitrogens with zero attached hydrogens (tertiary/aromatic N) is 2. The number of hydrogen-bond donors (Lipinski definition) is 0. The number of ether oxygens (including phenoxy) is 2. The molecule has 192 valence electrons. The molecule has 8 nitrogen and oxygen atoms in total. The molecule has 2 atom stereocenters. The van der Waals surface area contributed by atoms with Gasteiger partial charge >= 0.3 is 11.9 Å². The maximum Gasteiger partial charge on any atom is 0.336 e. The largest absolute Gasteiger partial charge is 0.465 e. The highest BCUT2D eigenvalue weighted by atomic mass is 28.3. The zero-order valence-corrected chi connectivity index (χ0v) is 24.1. The van der Waals surface area contributed by atoms with Crippen molar-refractivity contribution in [1.82, 2.24) is 0 Å². The molecule has 0 aliphatic carbocycles. The Bertz CT molecular complexity index is 1040. The molecule has 1 aliphatic rings. The van der Waals surface area contributed by atoms with Crippen molar-refractivity contribution < 1.29 is 24.0 Å². The number of carbonyl (C=O) groups excluding carboxylic acids is 2. The van der Waals surface area contributed by atoms with Crippen molar-refractivity contribution >= 4 is 39.5 Å². The van der Waals surface area contributed by atoms with Crippen LogP contribution in [-0.4, -0.2) is 51.9 Å². The number of benzene rings is 1. The summed E-state index contributed by atoms with van der Waals surface area (Å²) >= 11 is 0. The van der Waals surface area contributed by atoms with Crippen molar-refractivity contribution in [3.05, 3.63) is 51.2 Å². The Kier molecular flexibility index (Phi) is 9.35. The van der Waals surface area contributed by atoms with Crippen LogP contribution in [0.4, 0.5) is 5.69 Å². The molecular formula is C25H38N2O6Si2. The first-order valence-corrected chi connectivity index (χ1v) is 19.4. The second kappa shape index (κ2) is 11.4. The fourth-order valence-corrected chi connectivity index (χ4v) is 5.30. The second-order valence-corrected chi connectivity index (χ2v) is 22.7. The summed E-state index contributed by atoms with van der Waals surface area (Å²) in [4.78, 5) is 42.1. The van der Waals surface area contributed by atoms with E-state index in [4.69, 9.17) is 9.47 Å². The summed E-state index contributed by atoms with van der Waals surface area (Å²) in [5, 5.41) is 11.5. The molecule has 0 saturated carbocycles. The minimum absolute atomic E-state index is 0.113. The molecule has 2 unspecified atom stereocenters. The van der Waals surface area contributed by atoms with Gasteiger partial charge in [0.15, 0.2) is 0 Å². The van der Waals surface area contributed by atoms with Crippen molar-refractivity contribution in [1.29, 1.82) is 0 Å². The lowest BCUT2D eigenvalue weighted by atomic mass is 9.75. The third kappa shape index (κ3) is 8.24. The van der Waals surface area contributed by atoms with Crippen LogP contribution in [0.2, 0.25) is 51.4 Å². The van der Waals surface area contributed by atoms with Gasteiger partial charge in [-0.2, -0.15) is 0 Å². The standard InChI is InChI=1S/C25H38N2O6Si2/c1-17-21(24(28)32-12-14-34(3,4)5)23(19-10-9-11-20(16-19)27(30)31)22(18(2)26-17)25(29)33-13-15-35(6,7)8/h9-11,16,21,23H,12-15H2,1-8H3. The van der Waals surface area contributed by atoms with Crippen molar-refractivity contribution in [2.45, 2.75) is 71.1 Å². The van der Waals surface area contributed by atoms with Gasteiger partial charge in [-0.1, -0.05) is 51.4 Å². The van der Waals surface area contributed by atoms with Crippen LogP contribution in [0.1, 0.15) is 25.3 Å². The number of aliphatic imine (C=N–C) groups is 1. The Morgan fingerprint density at radius 2 is 1.57 bits per heavy atom. The zero-order chi connectivity index (χ0) is 26.6. The summed E-state index contributed by atoms with van der Waals surface area (Å²) in [6.45, 7) is 17.2. The molecule has 0 N–H and O–H groups in total. The SMILES string of the molecule is CC1=NC(C)=C(C(=O)OCC[Si](C)(C)C)C(c2cccc([N+](=O)[O-])c2)C1C(=O)OCC[Si](C)(C)C. The van der Waals surface area contributed by atoms with Crippen LogP contribution >= 0.6 is 0 Å². The highest BCUT2D eigenvalue weighted by Gasteiger charge is 2.43. The van der Waals surface area contributed by atoms with E-state index >= 15 is 0 Å². The van der Waals surface area contributed by atoms with Crippen LogP contribution in [0, 0.1) is 16.0 Å². The van der Waals surface area contributed by atoms with Crippen LogP contribution in [0.3, 0.4) is 0 Å². The van der Waals surface area contributed by atoms with E-state index in [0.717, 1.165) is 12.1 Å². The van der Waals surface area contributed by atoms with Gasteiger partial charge < -0.3 is 9.47 Å². The second-order valence-electron chi connectivity index (χ2n) is 11.5. The van der Waals surface area contributed by atoms with Gasteiger partial charge in [0.2, 0.25) is 0 Å². The molecular weight excluding hydrogens is 480 g/mol. The van der Waals surface area contributed by atoms with Gasteiger partial charge in [-0.15, -0.1) is 0 Å². The Morgan fingerprint density at radius 3 is 2.11 bits per heavy atom. The molecule has 0 bridgehead atoms. The third-order valence-electron chi connectivity index (χ3n) is 5.92. The molecule has 0 amide bonds. The molecule has 35 heavy (non-hydrogen) atoms. The van der Waals surface area contributed by atoms with E-state index < -0.39 is 44.8 Å². The lowest BCUT2D eigenvalue weighted by Crippen LogP contribution is -2.37. The van der Waals surface area contributed by atoms with Crippen LogP contribution in [0.5, 0.6) is 0 Å². The smallest absolute Gasteiger partial charge is 0.336 e. The first-order chi connectivity index (χ1) is 16.1. The Labute approximate surface area is 210 Å². The maximum atomic E-state index is 13.3. The Morgan fingerprint density at radius 1 is 1.00 bits per heavy atom. The minimum Gasteiger partial charge on any atom is -0.465 e. The fraction of sp³-hybridized carbons (Fsp3) is 0.560. The van der Waals surface area contributed by atoms with E-state index in [2.05, 4.69) is 44.3 Å². The van der Waals surface area contributed by atoms with Crippen LogP contribution < -0.4 is 0 Å². The van der Waals surface area contributed by atoms with Crippen molar-refractivity contribution in [3.8, 4) is 0 Å². The first-order valence-electron chi connectivity index (χ1n) is 11.9. The Hall–Kier alpha value is -2.60. The zero-order valence-electron chi connectivity index (χ0n) is 22.1. The van der Waals surface area contributed by atoms with Crippen LogP contribution in [0.25, 0.3) is 0 Å². The number of rotatable bonds is 10. The van der Waals surface area contributed by atoms with E-state index in [1.165, 1.54) is 12.1 Å². The van der Waals surface area contributed by atoms with Gasteiger partial charge in [0, 0.05) is 45.6 Å². The van der Waals surface area contributed by atoms with Crippen LogP contribution in [0.15, 0.2) is 40.5 Å². The van der Waals surface area contributed by atoms with E-state index in [1.807, 2.05) is 0 Å². The van der Waals surface area contributed by atoms with Gasteiger partial charge in [-0.05, 0) is 31.5 Å². The van der Waals surface area contributed by atoms with Gasteiger partial charge in [0.1, 0.15) is 5.92 Å². The lowest BCUT2D eigenvalue weighted by Gasteiger charge is -2.32. The fourth-order valence-electron chi connectivity index (χ4n) is 3.87. The van der Waals surface area contributed by atoms with Crippen molar-refractivity contribution in [2.75, 3.05) is 13.2 Å². The quantitative estimate of drug-likeness (QED) is 0.167. The molecule has 0 saturated heterocycles. The predicted octanol–water partition coefficient (Wildman–Crippen LogP) is 5.81.